The minimum absolute atomic E-state index is 0.227. The van der Waals surface area contributed by atoms with Crippen molar-refractivity contribution in [3.8, 4) is 0 Å². The van der Waals surface area contributed by atoms with Crippen molar-refractivity contribution in [1.82, 2.24) is 40.3 Å². The molecule has 6 rings (SSSR count). The van der Waals surface area contributed by atoms with Crippen LogP contribution < -0.4 is 0 Å². The van der Waals surface area contributed by atoms with Crippen LogP contribution in [0.25, 0.3) is 0 Å². The molecule has 17 heteroatoms. The van der Waals surface area contributed by atoms with Gasteiger partial charge in [-0.15, -0.1) is 29.0 Å². The van der Waals surface area contributed by atoms with Crippen LogP contribution in [0.4, 0.5) is 9.59 Å². The third kappa shape index (κ3) is 3.69. The van der Waals surface area contributed by atoms with Gasteiger partial charge in [0.2, 0.25) is 23.6 Å². The van der Waals surface area contributed by atoms with Gasteiger partial charge >= 0.3 is 22.5 Å². The van der Waals surface area contributed by atoms with Crippen molar-refractivity contribution in [2.45, 2.75) is 63.7 Å². The molecule has 0 N–H and O–H groups in total. The van der Waals surface area contributed by atoms with Crippen LogP contribution in [0, 0.1) is 13.8 Å². The predicted octanol–water partition coefficient (Wildman–Crippen LogP) is 0.760. The highest BCUT2D eigenvalue weighted by atomic mass is 32.3. The number of rotatable bonds is 6. The summed E-state index contributed by atoms with van der Waals surface area (Å²) >= 11 is 0. The van der Waals surface area contributed by atoms with Gasteiger partial charge in [-0.3, -0.25) is 0 Å². The number of nitrogens with zero attached hydrogens (tertiary/aromatic N) is 8. The van der Waals surface area contributed by atoms with Gasteiger partial charge in [0.1, 0.15) is 12.1 Å². The first-order chi connectivity index (χ1) is 16.7. The number of aryl methyl sites for hydroxylation is 2. The standard InChI is InChI=1S/C18H22N8O8S/c1-9-19-21-15(31-9)13-5-3-11-7-23(13)17(27)25(11)33-35(29,30)34-26-12-4-6-14(24(8-12)18(26)28)16-22-20-10(2)32-16/h11-14H,3-8H2,1-2H3/t11-,12-,13+,14+/m1/s1. The zero-order chi connectivity index (χ0) is 24.5. The lowest BCUT2D eigenvalue weighted by atomic mass is 10.0. The first kappa shape index (κ1) is 22.2. The van der Waals surface area contributed by atoms with Crippen molar-refractivity contribution in [3.63, 3.8) is 0 Å². The smallest absolute Gasteiger partial charge is 0.423 e. The maximum Gasteiger partial charge on any atom is 0.442 e. The van der Waals surface area contributed by atoms with Crippen molar-refractivity contribution < 1.29 is 35.4 Å². The predicted molar refractivity (Wildman–Crippen MR) is 109 cm³/mol. The molecule has 0 unspecified atom stereocenters. The van der Waals surface area contributed by atoms with Gasteiger partial charge in [-0.2, -0.15) is 18.5 Å². The number of carbonyl (C=O) groups is 2. The second-order valence-electron chi connectivity index (χ2n) is 8.89. The Morgan fingerprint density at radius 2 is 1.17 bits per heavy atom. The number of hydrogen-bond donors (Lipinski definition) is 0. The Morgan fingerprint density at radius 1 is 0.743 bits per heavy atom. The largest absolute Gasteiger partial charge is 0.442 e. The van der Waals surface area contributed by atoms with Gasteiger partial charge in [-0.05, 0) is 25.7 Å². The first-order valence-corrected chi connectivity index (χ1v) is 12.5. The zero-order valence-electron chi connectivity index (χ0n) is 18.8. The third-order valence-electron chi connectivity index (χ3n) is 6.64. The van der Waals surface area contributed by atoms with Gasteiger partial charge in [0.05, 0.1) is 12.1 Å². The first-order valence-electron chi connectivity index (χ1n) is 11.1. The summed E-state index contributed by atoms with van der Waals surface area (Å²) < 4.78 is 46.6. The van der Waals surface area contributed by atoms with Crippen molar-refractivity contribution in [2.75, 3.05) is 13.1 Å². The number of piperidine rings is 2. The molecule has 35 heavy (non-hydrogen) atoms. The van der Waals surface area contributed by atoms with E-state index in [-0.39, 0.29) is 24.9 Å². The van der Waals surface area contributed by atoms with Crippen molar-refractivity contribution in [1.29, 1.82) is 0 Å². The average molecular weight is 510 g/mol. The van der Waals surface area contributed by atoms with E-state index in [1.807, 2.05) is 0 Å². The van der Waals surface area contributed by atoms with Crippen LogP contribution in [0.3, 0.4) is 0 Å². The van der Waals surface area contributed by atoms with E-state index in [0.717, 1.165) is 10.1 Å². The lowest BCUT2D eigenvalue weighted by Crippen LogP contribution is -2.41. The summed E-state index contributed by atoms with van der Waals surface area (Å²) in [7, 11) is -4.79. The molecule has 0 spiro atoms. The molecule has 16 nitrogen and oxygen atoms in total. The van der Waals surface area contributed by atoms with Crippen molar-refractivity contribution >= 4 is 22.5 Å². The Labute approximate surface area is 199 Å². The lowest BCUT2D eigenvalue weighted by molar-refractivity contribution is -0.0841. The summed E-state index contributed by atoms with van der Waals surface area (Å²) in [6.45, 7) is 3.74. The normalized spacial score (nSPS) is 28.5. The molecule has 188 valence electrons. The summed E-state index contributed by atoms with van der Waals surface area (Å²) in [5.41, 5.74) is 0. The highest BCUT2D eigenvalue weighted by Gasteiger charge is 2.52. The molecular formula is C18H22N8O8S. The van der Waals surface area contributed by atoms with Gasteiger partial charge in [-0.25, -0.2) is 9.59 Å². The number of amides is 4. The second-order valence-corrected chi connectivity index (χ2v) is 10.0. The number of urea groups is 2. The molecule has 6 heterocycles. The van der Waals surface area contributed by atoms with Gasteiger partial charge in [0.15, 0.2) is 0 Å². The Kier molecular flexibility index (Phi) is 4.98. The molecular weight excluding hydrogens is 488 g/mol. The summed E-state index contributed by atoms with van der Waals surface area (Å²) in [4.78, 5) is 28.7. The number of hydrogen-bond acceptors (Lipinski definition) is 12. The quantitative estimate of drug-likeness (QED) is 0.533. The fraction of sp³-hybridized carbons (Fsp3) is 0.667. The highest BCUT2D eigenvalue weighted by Crippen LogP contribution is 2.40. The topological polar surface area (TPSA) is 178 Å². The van der Waals surface area contributed by atoms with Gasteiger partial charge in [-0.1, -0.05) is 0 Å². The number of carbonyl (C=O) groups excluding carboxylic acids is 2. The van der Waals surface area contributed by atoms with Crippen molar-refractivity contribution in [3.05, 3.63) is 23.6 Å². The SMILES string of the molecule is Cc1nnc([C@@H]2CC[C@@H]3CN2C(=O)N3OS(=O)(=O)ON2C(=O)N3C[C@H]2CC[C@H]3c2nnc(C)o2)o1. The Hall–Kier alpha value is -3.31. The van der Waals surface area contributed by atoms with Crippen LogP contribution in [-0.2, 0) is 19.0 Å². The van der Waals surface area contributed by atoms with Gasteiger partial charge in [0.25, 0.3) is 0 Å². The molecule has 4 aliphatic rings. The molecule has 4 fully saturated rings. The van der Waals surface area contributed by atoms with E-state index < -0.39 is 46.6 Å². The average Bonchev–Trinajstić information content (AvgIpc) is 3.56. The number of hydroxylamine groups is 4. The van der Waals surface area contributed by atoms with E-state index in [2.05, 4.69) is 20.4 Å². The lowest BCUT2D eigenvalue weighted by Gasteiger charge is -2.27. The molecule has 4 amide bonds. The molecule has 4 atom stereocenters. The van der Waals surface area contributed by atoms with Crippen LogP contribution in [0.5, 0.6) is 0 Å². The molecule has 4 bridgehead atoms. The molecule has 0 aromatic carbocycles. The summed E-state index contributed by atoms with van der Waals surface area (Å²) in [5.74, 6) is 1.30. The fourth-order valence-electron chi connectivity index (χ4n) is 5.08. The third-order valence-corrected chi connectivity index (χ3v) is 7.33. The second kappa shape index (κ2) is 7.85. The summed E-state index contributed by atoms with van der Waals surface area (Å²) in [5, 5.41) is 17.1. The fourth-order valence-corrected chi connectivity index (χ4v) is 5.87. The monoisotopic (exact) mass is 510 g/mol. The molecule has 4 aliphatic heterocycles. The Morgan fingerprint density at radius 3 is 1.54 bits per heavy atom. The molecule has 0 radical (unpaired) electrons. The number of aromatic nitrogens is 4. The van der Waals surface area contributed by atoms with Crippen LogP contribution in [0.2, 0.25) is 0 Å². The maximum atomic E-state index is 12.9. The molecule has 2 aromatic rings. The molecule has 0 aliphatic carbocycles. The summed E-state index contributed by atoms with van der Waals surface area (Å²) in [6, 6.07) is -3.30. The maximum absolute atomic E-state index is 12.9. The summed E-state index contributed by atoms with van der Waals surface area (Å²) in [6.07, 6.45) is 1.90. The Balaban J connectivity index is 1.14. The van der Waals surface area contributed by atoms with Crippen LogP contribution >= 0.6 is 0 Å². The van der Waals surface area contributed by atoms with E-state index in [0.29, 0.717) is 37.5 Å². The molecule has 0 saturated carbocycles. The number of fused-ring (bicyclic) bond motifs is 4. The minimum Gasteiger partial charge on any atom is -0.423 e. The van der Waals surface area contributed by atoms with Crippen LogP contribution in [0.1, 0.15) is 61.3 Å². The van der Waals surface area contributed by atoms with E-state index in [1.54, 1.807) is 13.8 Å². The molecule has 4 saturated heterocycles. The Bertz CT molecular complexity index is 1190. The van der Waals surface area contributed by atoms with E-state index in [4.69, 9.17) is 17.4 Å². The van der Waals surface area contributed by atoms with E-state index in [1.165, 1.54) is 9.80 Å². The zero-order valence-corrected chi connectivity index (χ0v) is 19.6. The van der Waals surface area contributed by atoms with Crippen LogP contribution in [0.15, 0.2) is 8.83 Å². The van der Waals surface area contributed by atoms with Crippen molar-refractivity contribution in [2.24, 2.45) is 0 Å². The van der Waals surface area contributed by atoms with E-state index >= 15 is 0 Å². The van der Waals surface area contributed by atoms with E-state index in [9.17, 15) is 18.0 Å². The van der Waals surface area contributed by atoms with Crippen LogP contribution in [-0.4, -0.2) is 86.0 Å². The molecule has 2 aromatic heterocycles. The van der Waals surface area contributed by atoms with Gasteiger partial charge < -0.3 is 18.6 Å². The highest BCUT2D eigenvalue weighted by molar-refractivity contribution is 7.81. The minimum atomic E-state index is -4.79. The van der Waals surface area contributed by atoms with Gasteiger partial charge in [0, 0.05) is 26.9 Å².